The quantitative estimate of drug-likeness (QED) is 0.760. The number of anilines is 1. The molecular formula is C16H17ClN4OS. The number of hydrogen-bond donors (Lipinski definition) is 2. The smallest absolute Gasteiger partial charge is 0.264 e. The van der Waals surface area contributed by atoms with Gasteiger partial charge in [0.05, 0.1) is 5.39 Å². The number of benzene rings is 1. The Morgan fingerprint density at radius 2 is 2.22 bits per heavy atom. The third-order valence-corrected chi connectivity index (χ3v) is 5.01. The summed E-state index contributed by atoms with van der Waals surface area (Å²) in [5.74, 6) is 0.536. The molecule has 120 valence electrons. The molecular weight excluding hydrogens is 332 g/mol. The van der Waals surface area contributed by atoms with Gasteiger partial charge in [0, 0.05) is 36.1 Å². The number of nitrogens with two attached hydrogens (primary N) is 1. The van der Waals surface area contributed by atoms with Gasteiger partial charge in [-0.3, -0.25) is 9.36 Å². The molecule has 7 heteroatoms. The van der Waals surface area contributed by atoms with Crippen molar-refractivity contribution in [3.8, 4) is 11.1 Å². The predicted octanol–water partition coefficient (Wildman–Crippen LogP) is 2.99. The number of halogens is 1. The summed E-state index contributed by atoms with van der Waals surface area (Å²) < 4.78 is 1.52. The molecule has 3 aromatic rings. The van der Waals surface area contributed by atoms with Gasteiger partial charge in [0.1, 0.15) is 4.83 Å². The van der Waals surface area contributed by atoms with Gasteiger partial charge < -0.3 is 11.1 Å². The molecule has 2 heterocycles. The number of rotatable bonds is 4. The van der Waals surface area contributed by atoms with Gasteiger partial charge in [0.25, 0.3) is 5.56 Å². The van der Waals surface area contributed by atoms with Crippen LogP contribution in [-0.2, 0) is 7.05 Å². The molecule has 5 nitrogen and oxygen atoms in total. The molecule has 0 aliphatic heterocycles. The van der Waals surface area contributed by atoms with Crippen molar-refractivity contribution in [3.63, 3.8) is 0 Å². The van der Waals surface area contributed by atoms with Gasteiger partial charge in [-0.2, -0.15) is 0 Å². The Morgan fingerprint density at radius 3 is 2.91 bits per heavy atom. The van der Waals surface area contributed by atoms with Crippen molar-refractivity contribution in [1.82, 2.24) is 9.55 Å². The summed E-state index contributed by atoms with van der Waals surface area (Å²) in [5.41, 5.74) is 8.27. The monoisotopic (exact) mass is 348 g/mol. The van der Waals surface area contributed by atoms with Crippen molar-refractivity contribution < 1.29 is 0 Å². The van der Waals surface area contributed by atoms with Gasteiger partial charge >= 0.3 is 0 Å². The summed E-state index contributed by atoms with van der Waals surface area (Å²) in [6.45, 7) is 3.00. The first-order valence-corrected chi connectivity index (χ1v) is 8.47. The van der Waals surface area contributed by atoms with Crippen LogP contribution in [0.1, 0.15) is 5.56 Å². The largest absolute Gasteiger partial charge is 0.354 e. The van der Waals surface area contributed by atoms with E-state index in [1.54, 1.807) is 7.05 Å². The Bertz CT molecular complexity index is 932. The Morgan fingerprint density at radius 1 is 1.43 bits per heavy atom. The first-order valence-electron chi connectivity index (χ1n) is 7.21. The average Bonchev–Trinajstić information content (AvgIpc) is 2.96. The van der Waals surface area contributed by atoms with E-state index in [9.17, 15) is 4.79 Å². The molecule has 3 rings (SSSR count). The maximum atomic E-state index is 12.8. The Hall–Kier alpha value is -1.89. The lowest BCUT2D eigenvalue weighted by atomic mass is 10.0. The molecule has 1 aromatic carbocycles. The van der Waals surface area contributed by atoms with Crippen LogP contribution in [0.15, 0.2) is 28.4 Å². The minimum Gasteiger partial charge on any atom is -0.354 e. The number of fused-ring (bicyclic) bond motifs is 1. The van der Waals surface area contributed by atoms with Crippen LogP contribution in [0.3, 0.4) is 0 Å². The third kappa shape index (κ3) is 2.85. The first-order chi connectivity index (χ1) is 11.0. The molecule has 2 aromatic heterocycles. The van der Waals surface area contributed by atoms with E-state index in [2.05, 4.69) is 10.3 Å². The van der Waals surface area contributed by atoms with Crippen LogP contribution in [0, 0.1) is 6.92 Å². The van der Waals surface area contributed by atoms with Crippen molar-refractivity contribution in [2.45, 2.75) is 6.92 Å². The van der Waals surface area contributed by atoms with Gasteiger partial charge in [0.15, 0.2) is 0 Å². The molecule has 0 aliphatic carbocycles. The van der Waals surface area contributed by atoms with Crippen LogP contribution in [0.2, 0.25) is 5.02 Å². The molecule has 0 aliphatic rings. The van der Waals surface area contributed by atoms with Crippen LogP contribution in [0.25, 0.3) is 21.3 Å². The normalized spacial score (nSPS) is 11.1. The molecule has 0 amide bonds. The highest BCUT2D eigenvalue weighted by Crippen LogP contribution is 2.33. The highest BCUT2D eigenvalue weighted by molar-refractivity contribution is 7.17. The van der Waals surface area contributed by atoms with Crippen LogP contribution in [0.4, 0.5) is 5.95 Å². The van der Waals surface area contributed by atoms with E-state index in [0.717, 1.165) is 21.5 Å². The zero-order valence-corrected chi connectivity index (χ0v) is 14.5. The molecule has 0 radical (unpaired) electrons. The van der Waals surface area contributed by atoms with Gasteiger partial charge in [-0.15, -0.1) is 11.3 Å². The van der Waals surface area contributed by atoms with Gasteiger partial charge in [0.2, 0.25) is 5.95 Å². The molecule has 0 bridgehead atoms. The van der Waals surface area contributed by atoms with Crippen LogP contribution in [0.5, 0.6) is 0 Å². The Balaban J connectivity index is 2.19. The zero-order chi connectivity index (χ0) is 16.6. The van der Waals surface area contributed by atoms with E-state index < -0.39 is 0 Å². The number of thiophene rings is 1. The minimum atomic E-state index is -0.0709. The lowest BCUT2D eigenvalue weighted by Gasteiger charge is -2.09. The van der Waals surface area contributed by atoms with Gasteiger partial charge in [-0.1, -0.05) is 17.7 Å². The van der Waals surface area contributed by atoms with Crippen molar-refractivity contribution in [1.29, 1.82) is 0 Å². The van der Waals surface area contributed by atoms with Crippen LogP contribution in [-0.4, -0.2) is 22.6 Å². The molecule has 0 spiro atoms. The SMILES string of the molecule is Cc1cc(-c2csc3nc(NCCN)n(C)c(=O)c23)ccc1Cl. The fraction of sp³-hybridized carbons (Fsp3) is 0.250. The summed E-state index contributed by atoms with van der Waals surface area (Å²) in [6, 6.07) is 5.77. The van der Waals surface area contributed by atoms with E-state index in [0.29, 0.717) is 29.4 Å². The van der Waals surface area contributed by atoms with Gasteiger partial charge in [-0.05, 0) is 30.2 Å². The second-order valence-corrected chi connectivity index (χ2v) is 6.57. The van der Waals surface area contributed by atoms with Crippen molar-refractivity contribution in [2.24, 2.45) is 12.8 Å². The number of nitrogens with one attached hydrogen (secondary N) is 1. The second kappa shape index (κ2) is 6.31. The second-order valence-electron chi connectivity index (χ2n) is 5.31. The number of hydrogen-bond acceptors (Lipinski definition) is 5. The molecule has 0 unspecified atom stereocenters. The minimum absolute atomic E-state index is 0.0709. The third-order valence-electron chi connectivity index (χ3n) is 3.71. The van der Waals surface area contributed by atoms with Crippen molar-refractivity contribution in [3.05, 3.63) is 44.5 Å². The molecule has 0 saturated heterocycles. The molecule has 3 N–H and O–H groups in total. The van der Waals surface area contributed by atoms with Crippen molar-refractivity contribution in [2.75, 3.05) is 18.4 Å². The summed E-state index contributed by atoms with van der Waals surface area (Å²) in [6.07, 6.45) is 0. The Kier molecular flexibility index (Phi) is 4.39. The molecule has 23 heavy (non-hydrogen) atoms. The van der Waals surface area contributed by atoms with E-state index in [-0.39, 0.29) is 5.56 Å². The van der Waals surface area contributed by atoms with E-state index >= 15 is 0 Å². The maximum absolute atomic E-state index is 12.8. The van der Waals surface area contributed by atoms with Gasteiger partial charge in [-0.25, -0.2) is 4.98 Å². The fourth-order valence-electron chi connectivity index (χ4n) is 2.44. The first kappa shape index (κ1) is 16.0. The van der Waals surface area contributed by atoms with Crippen LogP contribution >= 0.6 is 22.9 Å². The number of aryl methyl sites for hydroxylation is 1. The fourth-order valence-corrected chi connectivity index (χ4v) is 3.49. The number of aromatic nitrogens is 2. The molecule has 0 fully saturated rings. The van der Waals surface area contributed by atoms with Crippen LogP contribution < -0.4 is 16.6 Å². The summed E-state index contributed by atoms with van der Waals surface area (Å²) >= 11 is 7.55. The predicted molar refractivity (Wildman–Crippen MR) is 97.6 cm³/mol. The standard InChI is InChI=1S/C16H17ClN4OS/c1-9-7-10(3-4-12(9)17)11-8-23-14-13(11)15(22)21(2)16(20-14)19-6-5-18/h3-4,7-8H,5-6,18H2,1-2H3,(H,19,20). The summed E-state index contributed by atoms with van der Waals surface area (Å²) in [7, 11) is 1.71. The van der Waals surface area contributed by atoms with Crippen molar-refractivity contribution >= 4 is 39.1 Å². The lowest BCUT2D eigenvalue weighted by Crippen LogP contribution is -2.24. The maximum Gasteiger partial charge on any atom is 0.264 e. The van der Waals surface area contributed by atoms with E-state index in [1.807, 2.05) is 30.5 Å². The van der Waals surface area contributed by atoms with E-state index in [4.69, 9.17) is 17.3 Å². The Labute approximate surface area is 142 Å². The topological polar surface area (TPSA) is 72.9 Å². The average molecular weight is 349 g/mol. The highest BCUT2D eigenvalue weighted by atomic mass is 35.5. The highest BCUT2D eigenvalue weighted by Gasteiger charge is 2.15. The van der Waals surface area contributed by atoms with E-state index in [1.165, 1.54) is 15.9 Å². The molecule has 0 saturated carbocycles. The summed E-state index contributed by atoms with van der Waals surface area (Å²) in [4.78, 5) is 18.0. The summed E-state index contributed by atoms with van der Waals surface area (Å²) in [5, 5.41) is 6.40. The lowest BCUT2D eigenvalue weighted by molar-refractivity contribution is 0.837. The number of nitrogens with zero attached hydrogens (tertiary/aromatic N) is 2. The zero-order valence-electron chi connectivity index (χ0n) is 12.9. The molecule has 0 atom stereocenters.